The van der Waals surface area contributed by atoms with Crippen molar-refractivity contribution in [1.82, 2.24) is 20.5 Å². The van der Waals surface area contributed by atoms with Crippen molar-refractivity contribution in [2.45, 2.75) is 25.4 Å². The van der Waals surface area contributed by atoms with E-state index in [4.69, 9.17) is 16.3 Å². The molecule has 144 valence electrons. The fourth-order valence-corrected chi connectivity index (χ4v) is 3.78. The van der Waals surface area contributed by atoms with Crippen LogP contribution in [0.1, 0.15) is 18.5 Å². The Morgan fingerprint density at radius 3 is 2.93 bits per heavy atom. The summed E-state index contributed by atoms with van der Waals surface area (Å²) in [5.74, 6) is 0.137. The molecule has 0 aliphatic carbocycles. The Morgan fingerprint density at radius 2 is 2.15 bits per heavy atom. The lowest BCUT2D eigenvalue weighted by Gasteiger charge is -2.37. The molecule has 2 fully saturated rings. The minimum atomic E-state index is -0.224. The number of hydrogen-bond donors (Lipinski definition) is 3. The topological polar surface area (TPSA) is 86.5 Å². The van der Waals surface area contributed by atoms with Crippen LogP contribution in [0.5, 0.6) is 0 Å². The first kappa shape index (κ1) is 18.1. The number of carbonyl (C=O) groups is 2. The molecule has 1 aromatic heterocycles. The van der Waals surface area contributed by atoms with Crippen LogP contribution in [0.3, 0.4) is 0 Å². The van der Waals surface area contributed by atoms with Crippen LogP contribution in [0.25, 0.3) is 10.9 Å². The molecule has 0 saturated carbocycles. The van der Waals surface area contributed by atoms with Crippen molar-refractivity contribution < 1.29 is 14.3 Å². The minimum absolute atomic E-state index is 0.00640. The van der Waals surface area contributed by atoms with E-state index in [-0.39, 0.29) is 23.9 Å². The Balaban J connectivity index is 1.27. The molecule has 27 heavy (non-hydrogen) atoms. The summed E-state index contributed by atoms with van der Waals surface area (Å²) in [6.07, 6.45) is 1.77. The van der Waals surface area contributed by atoms with E-state index < -0.39 is 0 Å². The van der Waals surface area contributed by atoms with Crippen LogP contribution in [0.4, 0.5) is 4.79 Å². The number of benzene rings is 1. The molecule has 2 aromatic rings. The molecule has 0 bridgehead atoms. The number of hydrogen-bond acceptors (Lipinski definition) is 3. The molecule has 2 aliphatic heterocycles. The number of H-pyrrole nitrogens is 1. The summed E-state index contributed by atoms with van der Waals surface area (Å²) < 4.78 is 5.10. The van der Waals surface area contributed by atoms with Crippen LogP contribution in [0, 0.1) is 5.92 Å². The molecular formula is C19H23ClN4O3. The van der Waals surface area contributed by atoms with E-state index in [9.17, 15) is 9.59 Å². The van der Waals surface area contributed by atoms with Gasteiger partial charge in [0.1, 0.15) is 0 Å². The largest absolute Gasteiger partial charge is 0.380 e. The number of nitrogens with one attached hydrogen (secondary N) is 3. The van der Waals surface area contributed by atoms with Crippen molar-refractivity contribution in [3.05, 3.63) is 35.0 Å². The highest BCUT2D eigenvalue weighted by Crippen LogP contribution is 2.20. The van der Waals surface area contributed by atoms with Crippen molar-refractivity contribution in [3.63, 3.8) is 0 Å². The maximum atomic E-state index is 12.3. The molecule has 3 amide bonds. The molecule has 3 heterocycles. The van der Waals surface area contributed by atoms with Crippen molar-refractivity contribution in [3.8, 4) is 0 Å². The quantitative estimate of drug-likeness (QED) is 0.748. The number of nitrogens with zero attached hydrogens (tertiary/aromatic N) is 1. The molecule has 7 nitrogen and oxygen atoms in total. The van der Waals surface area contributed by atoms with Crippen LogP contribution >= 0.6 is 11.6 Å². The highest BCUT2D eigenvalue weighted by Gasteiger charge is 2.33. The number of ether oxygens (including phenoxy) is 1. The van der Waals surface area contributed by atoms with Gasteiger partial charge in [-0.3, -0.25) is 4.79 Å². The second kappa shape index (κ2) is 7.78. The van der Waals surface area contributed by atoms with Crippen molar-refractivity contribution in [2.75, 3.05) is 26.3 Å². The molecule has 2 aliphatic rings. The van der Waals surface area contributed by atoms with Gasteiger partial charge in [0.15, 0.2) is 0 Å². The fraction of sp³-hybridized carbons (Fsp3) is 0.474. The number of amides is 3. The molecule has 0 radical (unpaired) electrons. The lowest BCUT2D eigenvalue weighted by Crippen LogP contribution is -2.54. The van der Waals surface area contributed by atoms with Crippen LogP contribution < -0.4 is 10.6 Å². The number of rotatable bonds is 4. The lowest BCUT2D eigenvalue weighted by molar-refractivity contribution is -0.151. The fourth-order valence-electron chi connectivity index (χ4n) is 3.60. The van der Waals surface area contributed by atoms with Gasteiger partial charge in [-0.15, -0.1) is 0 Å². The predicted molar refractivity (Wildman–Crippen MR) is 103 cm³/mol. The van der Waals surface area contributed by atoms with Crippen molar-refractivity contribution in [1.29, 1.82) is 0 Å². The zero-order valence-corrected chi connectivity index (χ0v) is 15.7. The highest BCUT2D eigenvalue weighted by molar-refractivity contribution is 6.31. The number of aromatic nitrogens is 1. The van der Waals surface area contributed by atoms with Crippen LogP contribution in [0.15, 0.2) is 24.3 Å². The van der Waals surface area contributed by atoms with Crippen LogP contribution in [-0.4, -0.2) is 54.2 Å². The lowest BCUT2D eigenvalue weighted by atomic mass is 10.0. The van der Waals surface area contributed by atoms with E-state index in [0.29, 0.717) is 31.3 Å². The van der Waals surface area contributed by atoms with Crippen LogP contribution in [-0.2, 0) is 16.1 Å². The monoisotopic (exact) mass is 390 g/mol. The molecule has 0 spiro atoms. The third-order valence-electron chi connectivity index (χ3n) is 5.13. The SMILES string of the molecule is O=C(NCc1cc2cc(Cl)ccc2[nH]1)N[C@@H]1CCCN(C(=O)C2COC2)C1. The Kier molecular flexibility index (Phi) is 5.22. The van der Waals surface area contributed by atoms with Gasteiger partial charge in [-0.1, -0.05) is 11.6 Å². The van der Waals surface area contributed by atoms with Crippen molar-refractivity contribution >= 4 is 34.4 Å². The van der Waals surface area contributed by atoms with E-state index in [1.807, 2.05) is 29.2 Å². The number of carbonyl (C=O) groups excluding carboxylic acids is 2. The van der Waals surface area contributed by atoms with Crippen LogP contribution in [0.2, 0.25) is 5.02 Å². The first-order chi connectivity index (χ1) is 13.1. The standard InChI is InChI=1S/C19H23ClN4O3/c20-14-3-4-17-12(6-14)7-16(22-17)8-21-19(26)23-15-2-1-5-24(9-15)18(25)13-10-27-11-13/h3-4,6-7,13,15,22H,1-2,5,8-11H2,(H2,21,23,26)/t15-/m1/s1. The maximum Gasteiger partial charge on any atom is 0.315 e. The molecule has 1 atom stereocenters. The molecule has 2 saturated heterocycles. The summed E-state index contributed by atoms with van der Waals surface area (Å²) in [5, 5.41) is 7.55. The Morgan fingerprint density at radius 1 is 1.30 bits per heavy atom. The smallest absolute Gasteiger partial charge is 0.315 e. The zero-order chi connectivity index (χ0) is 18.8. The van der Waals surface area contributed by atoms with E-state index >= 15 is 0 Å². The summed E-state index contributed by atoms with van der Waals surface area (Å²) in [5.41, 5.74) is 1.89. The van der Waals surface area contributed by atoms with Gasteiger partial charge in [0.2, 0.25) is 5.91 Å². The molecule has 3 N–H and O–H groups in total. The Labute approximate surface area is 162 Å². The third-order valence-corrected chi connectivity index (χ3v) is 5.37. The van der Waals surface area contributed by atoms with E-state index in [0.717, 1.165) is 36.0 Å². The molecule has 4 rings (SSSR count). The molecule has 1 aromatic carbocycles. The number of piperidine rings is 1. The number of fused-ring (bicyclic) bond motifs is 1. The summed E-state index contributed by atoms with van der Waals surface area (Å²) in [7, 11) is 0. The van der Waals surface area contributed by atoms with E-state index in [1.165, 1.54) is 0 Å². The van der Waals surface area contributed by atoms with Gasteiger partial charge in [0.25, 0.3) is 0 Å². The zero-order valence-electron chi connectivity index (χ0n) is 15.0. The third kappa shape index (κ3) is 4.20. The van der Waals surface area contributed by atoms with Gasteiger partial charge in [0, 0.05) is 40.8 Å². The summed E-state index contributed by atoms with van der Waals surface area (Å²) >= 11 is 6.00. The maximum absolute atomic E-state index is 12.3. The average molecular weight is 391 g/mol. The van der Waals surface area contributed by atoms with Gasteiger partial charge in [-0.25, -0.2) is 4.79 Å². The van der Waals surface area contributed by atoms with E-state index in [2.05, 4.69) is 15.6 Å². The minimum Gasteiger partial charge on any atom is -0.380 e. The second-order valence-electron chi connectivity index (χ2n) is 7.21. The first-order valence-electron chi connectivity index (χ1n) is 9.26. The van der Waals surface area contributed by atoms with Gasteiger partial charge in [-0.05, 0) is 37.1 Å². The van der Waals surface area contributed by atoms with Gasteiger partial charge in [0.05, 0.1) is 25.7 Å². The molecular weight excluding hydrogens is 368 g/mol. The summed E-state index contributed by atoms with van der Waals surface area (Å²) in [4.78, 5) is 29.7. The second-order valence-corrected chi connectivity index (χ2v) is 7.65. The number of aromatic amines is 1. The number of likely N-dealkylation sites (tertiary alicyclic amines) is 1. The predicted octanol–water partition coefficient (Wildman–Crippen LogP) is 2.26. The Bertz CT molecular complexity index is 849. The van der Waals surface area contributed by atoms with Gasteiger partial charge in [-0.2, -0.15) is 0 Å². The number of urea groups is 1. The molecule has 8 heteroatoms. The number of halogens is 1. The van der Waals surface area contributed by atoms with Crippen molar-refractivity contribution in [2.24, 2.45) is 5.92 Å². The highest BCUT2D eigenvalue weighted by atomic mass is 35.5. The van der Waals surface area contributed by atoms with Gasteiger partial charge >= 0.3 is 6.03 Å². The normalized spacial score (nSPS) is 20.3. The van der Waals surface area contributed by atoms with Gasteiger partial charge < -0.3 is 25.3 Å². The summed E-state index contributed by atoms with van der Waals surface area (Å²) in [6, 6.07) is 7.36. The van der Waals surface area contributed by atoms with E-state index in [1.54, 1.807) is 0 Å². The molecule has 0 unspecified atom stereocenters. The first-order valence-corrected chi connectivity index (χ1v) is 9.64. The average Bonchev–Trinajstić information content (AvgIpc) is 3.00. The Hall–Kier alpha value is -2.25. The summed E-state index contributed by atoms with van der Waals surface area (Å²) in [6.45, 7) is 2.75.